The van der Waals surface area contributed by atoms with Gasteiger partial charge in [-0.25, -0.2) is 0 Å². The maximum atomic E-state index is 12.7. The van der Waals surface area contributed by atoms with Crippen molar-refractivity contribution in [2.24, 2.45) is 5.73 Å². The molecule has 6 nitrogen and oxygen atoms in total. The van der Waals surface area contributed by atoms with Crippen molar-refractivity contribution in [2.45, 2.75) is 44.9 Å². The van der Waals surface area contributed by atoms with Crippen molar-refractivity contribution < 1.29 is 4.79 Å². The number of primary amides is 1. The Hall–Kier alpha value is -2.73. The quantitative estimate of drug-likeness (QED) is 0.701. The number of carbonyl (C=O) groups is 1. The van der Waals surface area contributed by atoms with Gasteiger partial charge in [0.05, 0.1) is 27.3 Å². The summed E-state index contributed by atoms with van der Waals surface area (Å²) >= 11 is 6.62. The van der Waals surface area contributed by atoms with Gasteiger partial charge < -0.3 is 10.7 Å². The number of hydrogen-bond donors (Lipinski definition) is 2. The SMILES string of the molecule is Cc1nc(C2(C)CCCC2)c(Cl)cc1-c1cc(=O)c2c(C(N)=O)nccc2[nH]1. The highest BCUT2D eigenvalue weighted by molar-refractivity contribution is 6.31. The Bertz CT molecular complexity index is 1160. The molecule has 0 aliphatic heterocycles. The van der Waals surface area contributed by atoms with Crippen LogP contribution in [0.15, 0.2) is 29.2 Å². The van der Waals surface area contributed by atoms with E-state index in [0.29, 0.717) is 16.2 Å². The monoisotopic (exact) mass is 396 g/mol. The average molecular weight is 397 g/mol. The van der Waals surface area contributed by atoms with E-state index in [1.807, 2.05) is 13.0 Å². The summed E-state index contributed by atoms with van der Waals surface area (Å²) in [6.07, 6.45) is 5.97. The van der Waals surface area contributed by atoms with Crippen LogP contribution in [0.25, 0.3) is 22.2 Å². The molecule has 3 aromatic heterocycles. The van der Waals surface area contributed by atoms with Gasteiger partial charge in [-0.2, -0.15) is 0 Å². The number of hydrogen-bond acceptors (Lipinski definition) is 4. The molecule has 28 heavy (non-hydrogen) atoms. The van der Waals surface area contributed by atoms with Crippen LogP contribution in [0.3, 0.4) is 0 Å². The third-order valence-corrected chi connectivity index (χ3v) is 6.00. The van der Waals surface area contributed by atoms with Gasteiger partial charge in [0.2, 0.25) is 0 Å². The lowest BCUT2D eigenvalue weighted by atomic mass is 9.84. The summed E-state index contributed by atoms with van der Waals surface area (Å²) in [4.78, 5) is 36.2. The van der Waals surface area contributed by atoms with E-state index < -0.39 is 5.91 Å². The van der Waals surface area contributed by atoms with Crippen LogP contribution < -0.4 is 11.2 Å². The lowest BCUT2D eigenvalue weighted by Gasteiger charge is -2.25. The number of carbonyl (C=O) groups excluding carboxylic acids is 1. The number of pyridine rings is 3. The molecule has 1 aliphatic rings. The van der Waals surface area contributed by atoms with Crippen molar-refractivity contribution in [1.29, 1.82) is 0 Å². The summed E-state index contributed by atoms with van der Waals surface area (Å²) < 4.78 is 0. The summed E-state index contributed by atoms with van der Waals surface area (Å²) in [7, 11) is 0. The van der Waals surface area contributed by atoms with E-state index in [4.69, 9.17) is 22.3 Å². The molecule has 3 heterocycles. The molecule has 0 bridgehead atoms. The maximum Gasteiger partial charge on any atom is 0.268 e. The highest BCUT2D eigenvalue weighted by Crippen LogP contribution is 2.43. The van der Waals surface area contributed by atoms with Crippen LogP contribution in [0.4, 0.5) is 0 Å². The van der Waals surface area contributed by atoms with Crippen molar-refractivity contribution in [3.05, 3.63) is 56.7 Å². The molecule has 1 aliphatic carbocycles. The summed E-state index contributed by atoms with van der Waals surface area (Å²) in [6.45, 7) is 4.13. The largest absolute Gasteiger partial charge is 0.364 e. The molecule has 0 radical (unpaired) electrons. The molecule has 1 saturated carbocycles. The molecule has 3 aromatic rings. The Morgan fingerprint density at radius 3 is 2.68 bits per heavy atom. The Balaban J connectivity index is 1.88. The van der Waals surface area contributed by atoms with E-state index in [1.165, 1.54) is 25.1 Å². The lowest BCUT2D eigenvalue weighted by Crippen LogP contribution is -2.20. The third-order valence-electron chi connectivity index (χ3n) is 5.71. The third kappa shape index (κ3) is 2.98. The number of aromatic nitrogens is 3. The first-order valence-corrected chi connectivity index (χ1v) is 9.68. The summed E-state index contributed by atoms with van der Waals surface area (Å²) in [5.74, 6) is -0.737. The second-order valence-electron chi connectivity index (χ2n) is 7.71. The molecule has 0 aromatic carbocycles. The number of nitrogens with two attached hydrogens (primary N) is 1. The highest BCUT2D eigenvalue weighted by atomic mass is 35.5. The highest BCUT2D eigenvalue weighted by Gasteiger charge is 2.34. The molecule has 144 valence electrons. The minimum Gasteiger partial charge on any atom is -0.364 e. The number of aromatic amines is 1. The van der Waals surface area contributed by atoms with Crippen molar-refractivity contribution in [1.82, 2.24) is 15.0 Å². The molecule has 0 atom stereocenters. The standard InChI is InChI=1S/C21H21ClN4O2/c1-11-12(9-13(22)19(25-11)21(2)6-3-4-7-21)15-10-16(27)17-14(26-15)5-8-24-18(17)20(23)28/h5,8-10H,3-4,6-7H2,1-2H3,(H2,23,28)(H,26,27). The Kier molecular flexibility index (Phi) is 4.46. The van der Waals surface area contributed by atoms with Crippen LogP contribution in [0.2, 0.25) is 5.02 Å². The Morgan fingerprint density at radius 2 is 2.00 bits per heavy atom. The number of fused-ring (bicyclic) bond motifs is 1. The smallest absolute Gasteiger partial charge is 0.268 e. The fourth-order valence-corrected chi connectivity index (χ4v) is 4.58. The maximum absolute atomic E-state index is 12.7. The number of amides is 1. The Labute approximate surface area is 167 Å². The molecule has 0 spiro atoms. The van der Waals surface area contributed by atoms with Gasteiger partial charge in [-0.05, 0) is 31.9 Å². The predicted molar refractivity (Wildman–Crippen MR) is 110 cm³/mol. The number of rotatable bonds is 3. The molecule has 4 rings (SSSR count). The van der Waals surface area contributed by atoms with E-state index in [1.54, 1.807) is 6.07 Å². The predicted octanol–water partition coefficient (Wildman–Crippen LogP) is 3.88. The molecule has 0 saturated heterocycles. The molecule has 1 fully saturated rings. The normalized spacial score (nSPS) is 15.8. The first kappa shape index (κ1) is 18.6. The molecule has 7 heteroatoms. The van der Waals surface area contributed by atoms with Gasteiger partial charge in [-0.3, -0.25) is 19.6 Å². The van der Waals surface area contributed by atoms with Crippen molar-refractivity contribution in [3.63, 3.8) is 0 Å². The van der Waals surface area contributed by atoms with Gasteiger partial charge >= 0.3 is 0 Å². The summed E-state index contributed by atoms with van der Waals surface area (Å²) in [5.41, 5.74) is 8.55. The molecular formula is C21H21ClN4O2. The zero-order valence-electron chi connectivity index (χ0n) is 15.8. The molecule has 0 unspecified atom stereocenters. The average Bonchev–Trinajstić information content (AvgIpc) is 3.10. The van der Waals surface area contributed by atoms with Gasteiger partial charge in [0.15, 0.2) is 5.43 Å². The fourth-order valence-electron chi connectivity index (χ4n) is 4.20. The van der Waals surface area contributed by atoms with Crippen LogP contribution in [-0.2, 0) is 5.41 Å². The number of aryl methyl sites for hydroxylation is 1. The van der Waals surface area contributed by atoms with Crippen LogP contribution in [0.5, 0.6) is 0 Å². The van der Waals surface area contributed by atoms with Crippen LogP contribution in [-0.4, -0.2) is 20.9 Å². The summed E-state index contributed by atoms with van der Waals surface area (Å²) in [6, 6.07) is 4.95. The van der Waals surface area contributed by atoms with Gasteiger partial charge in [0.1, 0.15) is 5.69 Å². The van der Waals surface area contributed by atoms with E-state index in [9.17, 15) is 9.59 Å². The van der Waals surface area contributed by atoms with E-state index in [-0.39, 0.29) is 21.9 Å². The number of halogens is 1. The van der Waals surface area contributed by atoms with Gasteiger partial charge in [0.25, 0.3) is 5.91 Å². The second-order valence-corrected chi connectivity index (χ2v) is 8.12. The van der Waals surface area contributed by atoms with Gasteiger partial charge in [-0.15, -0.1) is 0 Å². The molecular weight excluding hydrogens is 376 g/mol. The zero-order chi connectivity index (χ0) is 20.1. The number of nitrogens with zero attached hydrogens (tertiary/aromatic N) is 2. The first-order valence-electron chi connectivity index (χ1n) is 9.30. The zero-order valence-corrected chi connectivity index (χ0v) is 16.6. The topological polar surface area (TPSA) is 102 Å². The minimum atomic E-state index is -0.737. The number of H-pyrrole nitrogens is 1. The fraction of sp³-hybridized carbons (Fsp3) is 0.333. The molecule has 3 N–H and O–H groups in total. The minimum absolute atomic E-state index is 0.000769. The van der Waals surface area contributed by atoms with Crippen LogP contribution in [0.1, 0.15) is 54.5 Å². The van der Waals surface area contributed by atoms with E-state index >= 15 is 0 Å². The first-order chi connectivity index (χ1) is 13.3. The second kappa shape index (κ2) is 6.71. The van der Waals surface area contributed by atoms with E-state index in [0.717, 1.165) is 29.8 Å². The summed E-state index contributed by atoms with van der Waals surface area (Å²) in [5, 5.41) is 0.795. The van der Waals surface area contributed by atoms with Crippen molar-refractivity contribution >= 4 is 28.4 Å². The van der Waals surface area contributed by atoms with Crippen LogP contribution in [0, 0.1) is 6.92 Å². The van der Waals surface area contributed by atoms with Gasteiger partial charge in [0, 0.05) is 28.9 Å². The van der Waals surface area contributed by atoms with Crippen molar-refractivity contribution in [2.75, 3.05) is 0 Å². The molecule has 1 amide bonds. The van der Waals surface area contributed by atoms with E-state index in [2.05, 4.69) is 16.9 Å². The van der Waals surface area contributed by atoms with Gasteiger partial charge in [-0.1, -0.05) is 31.4 Å². The van der Waals surface area contributed by atoms with Crippen LogP contribution >= 0.6 is 11.6 Å². The lowest BCUT2D eigenvalue weighted by molar-refractivity contribution is 0.0997. The number of nitrogens with one attached hydrogen (secondary N) is 1. The Morgan fingerprint density at radius 1 is 1.29 bits per heavy atom. The van der Waals surface area contributed by atoms with Crippen molar-refractivity contribution in [3.8, 4) is 11.3 Å².